The maximum absolute atomic E-state index is 10.4. The van der Waals surface area contributed by atoms with E-state index in [0.717, 1.165) is 0 Å². The standard InChI is InChI=1S/C9H12O5S.Na.H/c10-8-2-4-9(5-3-8)14-6-1-7-15(11,12)13;;/h2-5,10H,1,6-7H2,(H,11,12,13);;. The summed E-state index contributed by atoms with van der Waals surface area (Å²) in [6.45, 7) is 0.199. The van der Waals surface area contributed by atoms with Crippen molar-refractivity contribution in [3.8, 4) is 11.5 Å². The van der Waals surface area contributed by atoms with Gasteiger partial charge in [-0.15, -0.1) is 0 Å². The predicted octanol–water partition coefficient (Wildman–Crippen LogP) is 0.400. The van der Waals surface area contributed by atoms with Gasteiger partial charge in [-0.25, -0.2) is 0 Å². The Balaban J connectivity index is 0.00000225. The molecule has 0 atom stereocenters. The molecule has 0 bridgehead atoms. The molecule has 0 aromatic heterocycles. The molecule has 86 valence electrons. The molecule has 2 N–H and O–H groups in total. The summed E-state index contributed by atoms with van der Waals surface area (Å²) in [6.07, 6.45) is 0.222. The number of benzene rings is 1. The Hall–Kier alpha value is -0.270. The van der Waals surface area contributed by atoms with Crippen LogP contribution in [0.4, 0.5) is 0 Å². The molecule has 7 heteroatoms. The molecule has 0 saturated heterocycles. The van der Waals surface area contributed by atoms with E-state index in [-0.39, 0.29) is 54.1 Å². The molecule has 0 amide bonds. The zero-order valence-corrected chi connectivity index (χ0v) is 8.77. The third kappa shape index (κ3) is 7.08. The van der Waals surface area contributed by atoms with Crippen molar-refractivity contribution in [2.45, 2.75) is 6.42 Å². The summed E-state index contributed by atoms with van der Waals surface area (Å²) in [6, 6.07) is 6.09. The Kier molecular flexibility index (Phi) is 7.01. The first kappa shape index (κ1) is 15.7. The van der Waals surface area contributed by atoms with Crippen LogP contribution in [-0.2, 0) is 10.1 Å². The van der Waals surface area contributed by atoms with Gasteiger partial charge in [-0.3, -0.25) is 4.55 Å². The fourth-order valence-corrected chi connectivity index (χ4v) is 1.46. The Bertz CT molecular complexity index is 400. The zero-order chi connectivity index (χ0) is 11.3. The summed E-state index contributed by atoms with van der Waals surface area (Å²) in [5.74, 6) is 0.369. The second-order valence-electron chi connectivity index (χ2n) is 2.98. The SMILES string of the molecule is O=S(=O)(O)CCCOc1ccc(O)cc1.[NaH]. The van der Waals surface area contributed by atoms with E-state index in [1.54, 1.807) is 12.1 Å². The van der Waals surface area contributed by atoms with Gasteiger partial charge in [0.15, 0.2) is 0 Å². The molecule has 0 unspecified atom stereocenters. The molecule has 0 aliphatic rings. The molecular weight excluding hydrogens is 243 g/mol. The Morgan fingerprint density at radius 1 is 1.19 bits per heavy atom. The van der Waals surface area contributed by atoms with Gasteiger partial charge >= 0.3 is 29.6 Å². The van der Waals surface area contributed by atoms with E-state index in [1.807, 2.05) is 0 Å². The molecule has 0 heterocycles. The van der Waals surface area contributed by atoms with E-state index in [2.05, 4.69) is 0 Å². The van der Waals surface area contributed by atoms with E-state index >= 15 is 0 Å². The minimum atomic E-state index is -3.91. The van der Waals surface area contributed by atoms with Gasteiger partial charge in [0.1, 0.15) is 11.5 Å². The average molecular weight is 256 g/mol. The fourth-order valence-electron chi connectivity index (χ4n) is 0.974. The molecule has 1 rings (SSSR count). The first-order chi connectivity index (χ1) is 6.97. The Morgan fingerprint density at radius 3 is 2.25 bits per heavy atom. The fraction of sp³-hybridized carbons (Fsp3) is 0.333. The number of ether oxygens (including phenoxy) is 1. The van der Waals surface area contributed by atoms with Crippen LogP contribution in [0.25, 0.3) is 0 Å². The van der Waals surface area contributed by atoms with Crippen LogP contribution in [0, 0.1) is 0 Å². The number of aromatic hydroxyl groups is 1. The summed E-state index contributed by atoms with van der Waals surface area (Å²) in [5, 5.41) is 8.97. The molecule has 5 nitrogen and oxygen atoms in total. The van der Waals surface area contributed by atoms with Crippen LogP contribution >= 0.6 is 0 Å². The minimum absolute atomic E-state index is 0. The molecule has 0 spiro atoms. The van der Waals surface area contributed by atoms with Crippen molar-refractivity contribution >= 4 is 39.7 Å². The molecule has 0 aliphatic heterocycles. The summed E-state index contributed by atoms with van der Waals surface area (Å²) >= 11 is 0. The van der Waals surface area contributed by atoms with Crippen molar-refractivity contribution in [3.63, 3.8) is 0 Å². The second-order valence-corrected chi connectivity index (χ2v) is 4.55. The van der Waals surface area contributed by atoms with Crippen molar-refractivity contribution in [2.75, 3.05) is 12.4 Å². The molecule has 0 aliphatic carbocycles. The molecule has 0 radical (unpaired) electrons. The first-order valence-electron chi connectivity index (χ1n) is 4.34. The van der Waals surface area contributed by atoms with Crippen LogP contribution in [0.1, 0.15) is 6.42 Å². The zero-order valence-electron chi connectivity index (χ0n) is 7.96. The van der Waals surface area contributed by atoms with Gasteiger partial charge in [0.05, 0.1) is 12.4 Å². The third-order valence-electron chi connectivity index (χ3n) is 1.65. The van der Waals surface area contributed by atoms with E-state index in [9.17, 15) is 8.42 Å². The van der Waals surface area contributed by atoms with Crippen molar-refractivity contribution < 1.29 is 22.8 Å². The van der Waals surface area contributed by atoms with Gasteiger partial charge in [-0.2, -0.15) is 8.42 Å². The summed E-state index contributed by atoms with van der Waals surface area (Å²) in [4.78, 5) is 0. The quantitative estimate of drug-likeness (QED) is 0.452. The molecule has 1 aromatic rings. The number of hydrogen-bond acceptors (Lipinski definition) is 4. The van der Waals surface area contributed by atoms with E-state index in [4.69, 9.17) is 14.4 Å². The number of rotatable bonds is 5. The Labute approximate surface area is 116 Å². The summed E-state index contributed by atoms with van der Waals surface area (Å²) in [7, 11) is -3.91. The van der Waals surface area contributed by atoms with Crippen molar-refractivity contribution in [1.82, 2.24) is 0 Å². The topological polar surface area (TPSA) is 83.8 Å². The van der Waals surface area contributed by atoms with Crippen LogP contribution in [0.2, 0.25) is 0 Å². The van der Waals surface area contributed by atoms with E-state index in [1.165, 1.54) is 12.1 Å². The monoisotopic (exact) mass is 256 g/mol. The van der Waals surface area contributed by atoms with Gasteiger partial charge in [0.2, 0.25) is 0 Å². The van der Waals surface area contributed by atoms with Crippen molar-refractivity contribution in [2.24, 2.45) is 0 Å². The molecule has 16 heavy (non-hydrogen) atoms. The third-order valence-corrected chi connectivity index (χ3v) is 2.46. The maximum atomic E-state index is 10.4. The van der Waals surface area contributed by atoms with E-state index in [0.29, 0.717) is 5.75 Å². The molecular formula is C9H13NaO5S. The summed E-state index contributed by atoms with van der Waals surface area (Å²) in [5.41, 5.74) is 0. The van der Waals surface area contributed by atoms with Crippen LogP contribution in [0.5, 0.6) is 11.5 Å². The predicted molar refractivity (Wildman–Crippen MR) is 61.8 cm³/mol. The van der Waals surface area contributed by atoms with Gasteiger partial charge in [0.25, 0.3) is 10.1 Å². The van der Waals surface area contributed by atoms with Gasteiger partial charge < -0.3 is 9.84 Å². The number of phenolic OH excluding ortho intramolecular Hbond substituents is 1. The van der Waals surface area contributed by atoms with Crippen LogP contribution in [0.3, 0.4) is 0 Å². The average Bonchev–Trinajstić information content (AvgIpc) is 2.14. The van der Waals surface area contributed by atoms with Crippen LogP contribution in [0.15, 0.2) is 24.3 Å². The van der Waals surface area contributed by atoms with Crippen LogP contribution in [-0.4, -0.2) is 60.0 Å². The molecule has 0 saturated carbocycles. The summed E-state index contributed by atoms with van der Waals surface area (Å²) < 4.78 is 34.3. The van der Waals surface area contributed by atoms with Gasteiger partial charge in [-0.05, 0) is 30.7 Å². The van der Waals surface area contributed by atoms with Crippen molar-refractivity contribution in [1.29, 1.82) is 0 Å². The van der Waals surface area contributed by atoms with E-state index < -0.39 is 10.1 Å². The molecule has 1 aromatic carbocycles. The number of phenols is 1. The first-order valence-corrected chi connectivity index (χ1v) is 5.95. The normalized spacial score (nSPS) is 10.6. The molecule has 0 fully saturated rings. The number of hydrogen-bond donors (Lipinski definition) is 2. The Morgan fingerprint density at radius 2 is 1.75 bits per heavy atom. The second kappa shape index (κ2) is 7.13. The van der Waals surface area contributed by atoms with Crippen molar-refractivity contribution in [3.05, 3.63) is 24.3 Å². The van der Waals surface area contributed by atoms with Crippen LogP contribution < -0.4 is 4.74 Å². The van der Waals surface area contributed by atoms with Gasteiger partial charge in [-0.1, -0.05) is 0 Å². The van der Waals surface area contributed by atoms with Gasteiger partial charge in [0, 0.05) is 0 Å².